The number of carbonyl (C=O) groups is 1. The van der Waals surface area contributed by atoms with Gasteiger partial charge in [0.1, 0.15) is 4.88 Å². The number of esters is 1. The quantitative estimate of drug-likeness (QED) is 0.814. The van der Waals surface area contributed by atoms with E-state index in [0.29, 0.717) is 16.6 Å². The fourth-order valence-electron chi connectivity index (χ4n) is 2.18. The molecule has 0 aromatic carbocycles. The normalized spacial score (nSPS) is 16.8. The van der Waals surface area contributed by atoms with E-state index in [2.05, 4.69) is 10.1 Å². The first-order valence-electron chi connectivity index (χ1n) is 5.95. The van der Waals surface area contributed by atoms with Crippen LogP contribution in [0.4, 0.5) is 10.7 Å². The predicted octanol–water partition coefficient (Wildman–Crippen LogP) is 2.86. The Labute approximate surface area is 105 Å². The second kappa shape index (κ2) is 5.40. The van der Waals surface area contributed by atoms with Crippen molar-refractivity contribution in [2.75, 3.05) is 18.2 Å². The summed E-state index contributed by atoms with van der Waals surface area (Å²) in [6.45, 7) is 0. The molecule has 17 heavy (non-hydrogen) atoms. The van der Waals surface area contributed by atoms with Crippen LogP contribution in [-0.4, -0.2) is 19.1 Å². The summed E-state index contributed by atoms with van der Waals surface area (Å²) in [5.41, 5.74) is 6.29. The molecule has 0 aliphatic heterocycles. The minimum absolute atomic E-state index is 0.357. The van der Waals surface area contributed by atoms with E-state index in [1.54, 1.807) is 0 Å². The third-order valence-corrected chi connectivity index (χ3v) is 4.15. The summed E-state index contributed by atoms with van der Waals surface area (Å²) in [4.78, 5) is 11.9. The van der Waals surface area contributed by atoms with Crippen molar-refractivity contribution in [2.45, 2.75) is 38.1 Å². The molecule has 2 rings (SSSR count). The average Bonchev–Trinajstić information content (AvgIpc) is 2.70. The monoisotopic (exact) mass is 254 g/mol. The van der Waals surface area contributed by atoms with Gasteiger partial charge in [-0.05, 0) is 18.9 Å². The van der Waals surface area contributed by atoms with E-state index < -0.39 is 0 Å². The lowest BCUT2D eigenvalue weighted by molar-refractivity contribution is 0.0607. The van der Waals surface area contributed by atoms with Gasteiger partial charge in [0.15, 0.2) is 0 Å². The summed E-state index contributed by atoms with van der Waals surface area (Å²) in [6, 6.07) is 2.35. The first-order valence-corrected chi connectivity index (χ1v) is 6.76. The molecular formula is C12H18N2O2S. The van der Waals surface area contributed by atoms with E-state index in [-0.39, 0.29) is 5.97 Å². The Morgan fingerprint density at radius 2 is 2.18 bits per heavy atom. The molecule has 5 heteroatoms. The van der Waals surface area contributed by atoms with Crippen molar-refractivity contribution in [1.82, 2.24) is 0 Å². The summed E-state index contributed by atoms with van der Waals surface area (Å²) < 4.78 is 4.68. The molecule has 4 nitrogen and oxygen atoms in total. The minimum Gasteiger partial charge on any atom is -0.465 e. The van der Waals surface area contributed by atoms with Gasteiger partial charge in [-0.2, -0.15) is 0 Å². The van der Waals surface area contributed by atoms with Crippen LogP contribution < -0.4 is 11.1 Å². The zero-order valence-electron chi connectivity index (χ0n) is 9.99. The maximum Gasteiger partial charge on any atom is 0.350 e. The number of rotatable bonds is 3. The van der Waals surface area contributed by atoms with Crippen LogP contribution in [0.15, 0.2) is 6.07 Å². The van der Waals surface area contributed by atoms with Crippen molar-refractivity contribution in [3.8, 4) is 0 Å². The summed E-state index contributed by atoms with van der Waals surface area (Å²) in [5.74, 6) is -0.357. The highest BCUT2D eigenvalue weighted by atomic mass is 32.1. The average molecular weight is 254 g/mol. The molecule has 0 radical (unpaired) electrons. The third kappa shape index (κ3) is 2.91. The number of methoxy groups -OCH3 is 1. The molecule has 1 saturated carbocycles. The van der Waals surface area contributed by atoms with Gasteiger partial charge in [0, 0.05) is 6.04 Å². The maximum atomic E-state index is 11.4. The highest BCUT2D eigenvalue weighted by Gasteiger charge is 2.18. The second-order valence-corrected chi connectivity index (χ2v) is 5.42. The lowest BCUT2D eigenvalue weighted by Crippen LogP contribution is -2.21. The fourth-order valence-corrected chi connectivity index (χ4v) is 3.15. The van der Waals surface area contributed by atoms with Crippen molar-refractivity contribution in [3.05, 3.63) is 10.9 Å². The van der Waals surface area contributed by atoms with Gasteiger partial charge in [-0.3, -0.25) is 0 Å². The van der Waals surface area contributed by atoms with Crippen molar-refractivity contribution < 1.29 is 9.53 Å². The summed E-state index contributed by atoms with van der Waals surface area (Å²) in [7, 11) is 1.37. The topological polar surface area (TPSA) is 64.3 Å². The minimum atomic E-state index is -0.357. The molecule has 0 atom stereocenters. The SMILES string of the molecule is COC(=O)c1sc(NC2CCCCC2)cc1N. The highest BCUT2D eigenvalue weighted by molar-refractivity contribution is 7.18. The molecule has 94 valence electrons. The zero-order valence-corrected chi connectivity index (χ0v) is 10.8. The van der Waals surface area contributed by atoms with Crippen LogP contribution in [0.5, 0.6) is 0 Å². The van der Waals surface area contributed by atoms with Crippen LogP contribution in [0.2, 0.25) is 0 Å². The number of nitrogens with two attached hydrogens (primary N) is 1. The lowest BCUT2D eigenvalue weighted by Gasteiger charge is -2.22. The molecule has 1 aromatic rings. The van der Waals surface area contributed by atoms with Gasteiger partial charge in [0.25, 0.3) is 0 Å². The van der Waals surface area contributed by atoms with Gasteiger partial charge < -0.3 is 15.8 Å². The zero-order chi connectivity index (χ0) is 12.3. The number of nitrogens with one attached hydrogen (secondary N) is 1. The van der Waals surface area contributed by atoms with E-state index in [1.807, 2.05) is 6.07 Å². The van der Waals surface area contributed by atoms with Crippen molar-refractivity contribution in [2.24, 2.45) is 0 Å². The lowest BCUT2D eigenvalue weighted by atomic mass is 9.96. The number of carbonyl (C=O) groups excluding carboxylic acids is 1. The van der Waals surface area contributed by atoms with Gasteiger partial charge in [-0.1, -0.05) is 19.3 Å². The van der Waals surface area contributed by atoms with Gasteiger partial charge in [0.05, 0.1) is 17.8 Å². The van der Waals surface area contributed by atoms with Crippen LogP contribution in [0.1, 0.15) is 41.8 Å². The van der Waals surface area contributed by atoms with Gasteiger partial charge in [-0.15, -0.1) is 11.3 Å². The van der Waals surface area contributed by atoms with Crippen molar-refractivity contribution >= 4 is 28.0 Å². The Bertz CT molecular complexity index is 397. The highest BCUT2D eigenvalue weighted by Crippen LogP contribution is 2.32. The molecule has 0 saturated heterocycles. The summed E-state index contributed by atoms with van der Waals surface area (Å²) in [5, 5.41) is 4.42. The molecule has 0 spiro atoms. The first-order chi connectivity index (χ1) is 8.20. The van der Waals surface area contributed by atoms with Crippen LogP contribution in [0.25, 0.3) is 0 Å². The van der Waals surface area contributed by atoms with Crippen LogP contribution >= 0.6 is 11.3 Å². The standard InChI is InChI=1S/C12H18N2O2S/c1-16-12(15)11-9(13)7-10(17-11)14-8-5-3-2-4-6-8/h7-8,14H,2-6,13H2,1H3. The molecular weight excluding hydrogens is 236 g/mol. The molecule has 0 unspecified atom stereocenters. The molecule has 1 aromatic heterocycles. The smallest absolute Gasteiger partial charge is 0.350 e. The number of anilines is 2. The second-order valence-electron chi connectivity index (χ2n) is 4.37. The van der Waals surface area contributed by atoms with Crippen molar-refractivity contribution in [3.63, 3.8) is 0 Å². The molecule has 1 aliphatic carbocycles. The number of thiophene rings is 1. The Morgan fingerprint density at radius 1 is 1.47 bits per heavy atom. The molecule has 0 amide bonds. The largest absolute Gasteiger partial charge is 0.465 e. The van der Waals surface area contributed by atoms with Crippen LogP contribution in [0.3, 0.4) is 0 Å². The van der Waals surface area contributed by atoms with E-state index in [1.165, 1.54) is 50.6 Å². The third-order valence-electron chi connectivity index (χ3n) is 3.08. The van der Waals surface area contributed by atoms with Crippen LogP contribution in [-0.2, 0) is 4.74 Å². The molecule has 1 aliphatic rings. The Morgan fingerprint density at radius 3 is 2.82 bits per heavy atom. The summed E-state index contributed by atoms with van der Waals surface area (Å²) in [6.07, 6.45) is 6.29. The maximum absolute atomic E-state index is 11.4. The molecule has 1 heterocycles. The number of hydrogen-bond acceptors (Lipinski definition) is 5. The Kier molecular flexibility index (Phi) is 3.89. The molecule has 0 bridgehead atoms. The predicted molar refractivity (Wildman–Crippen MR) is 70.6 cm³/mol. The van der Waals surface area contributed by atoms with E-state index in [4.69, 9.17) is 5.73 Å². The van der Waals surface area contributed by atoms with E-state index in [9.17, 15) is 4.79 Å². The van der Waals surface area contributed by atoms with Gasteiger partial charge in [0.2, 0.25) is 0 Å². The van der Waals surface area contributed by atoms with Gasteiger partial charge >= 0.3 is 5.97 Å². The number of hydrogen-bond donors (Lipinski definition) is 2. The fraction of sp³-hybridized carbons (Fsp3) is 0.583. The number of nitrogen functional groups attached to an aromatic ring is 1. The summed E-state index contributed by atoms with van der Waals surface area (Å²) >= 11 is 1.38. The van der Waals surface area contributed by atoms with E-state index >= 15 is 0 Å². The number of ether oxygens (including phenoxy) is 1. The Hall–Kier alpha value is -1.23. The van der Waals surface area contributed by atoms with Crippen LogP contribution in [0, 0.1) is 0 Å². The molecule has 3 N–H and O–H groups in total. The van der Waals surface area contributed by atoms with E-state index in [0.717, 1.165) is 5.00 Å². The van der Waals surface area contributed by atoms with Crippen molar-refractivity contribution in [1.29, 1.82) is 0 Å². The Balaban J connectivity index is 2.03. The van der Waals surface area contributed by atoms with Gasteiger partial charge in [-0.25, -0.2) is 4.79 Å². The first kappa shape index (κ1) is 12.2. The molecule has 1 fully saturated rings.